The highest BCUT2D eigenvalue weighted by Crippen LogP contribution is 2.45. The van der Waals surface area contributed by atoms with Gasteiger partial charge in [0.1, 0.15) is 31.5 Å². The number of hydrogen-bond acceptors (Lipinski definition) is 13. The van der Waals surface area contributed by atoms with Crippen LogP contribution >= 0.6 is 15.6 Å². The maximum absolute atomic E-state index is 12.1. The van der Waals surface area contributed by atoms with Crippen molar-refractivity contribution in [1.29, 1.82) is 0 Å². The number of aliphatic hydroxyl groups excluding tert-OH is 3. The van der Waals surface area contributed by atoms with Crippen molar-refractivity contribution in [3.05, 3.63) is 24.3 Å². The van der Waals surface area contributed by atoms with Gasteiger partial charge in [0.05, 0.1) is 26.4 Å². The van der Waals surface area contributed by atoms with Crippen LogP contribution in [0.4, 0.5) is 0 Å². The van der Waals surface area contributed by atoms with E-state index in [0.717, 1.165) is 64.2 Å². The summed E-state index contributed by atoms with van der Waals surface area (Å²) in [6.07, 6.45) is 28.9. The van der Waals surface area contributed by atoms with Gasteiger partial charge in [-0.2, -0.15) is 0 Å². The van der Waals surface area contributed by atoms with Crippen LogP contribution in [0.25, 0.3) is 0 Å². The van der Waals surface area contributed by atoms with E-state index in [4.69, 9.17) is 9.47 Å². The lowest BCUT2D eigenvalue weighted by Gasteiger charge is -2.19. The standard InChI is InChI=1S/C41H78O15P2/c1-3-5-7-9-11-13-15-16-17-18-20-22-24-26-28-30-41(46)52-32-38(43)34-54-58(49,50)56-36-39(44)35-55-57(47,48)53-33-37(42)31-51-40(45)29-27-25-23-21-19-14-12-10-8-6-4-2/h11,13,15-16,37-39,42-44H,3-10,12,14,17-36H2,1-2H3,(H,47,48)(H,49,50)/b13-11+,16-15+. The molecule has 0 amide bonds. The smallest absolute Gasteiger partial charge is 0.463 e. The van der Waals surface area contributed by atoms with Crippen LogP contribution < -0.4 is 0 Å². The summed E-state index contributed by atoms with van der Waals surface area (Å²) >= 11 is 0. The van der Waals surface area contributed by atoms with Gasteiger partial charge in [0, 0.05) is 12.8 Å². The van der Waals surface area contributed by atoms with E-state index < -0.39 is 85.5 Å². The molecule has 0 saturated carbocycles. The van der Waals surface area contributed by atoms with Crippen LogP contribution in [0.3, 0.4) is 0 Å². The first-order valence-electron chi connectivity index (χ1n) is 21.7. The molecule has 0 aromatic carbocycles. The number of aliphatic hydroxyl groups is 3. The minimum atomic E-state index is -4.78. The van der Waals surface area contributed by atoms with Crippen LogP contribution in [-0.4, -0.2) is 95.0 Å². The Morgan fingerprint density at radius 3 is 1.09 bits per heavy atom. The summed E-state index contributed by atoms with van der Waals surface area (Å²) in [6.45, 7) is 0.358. The number of esters is 2. The molecule has 0 spiro atoms. The molecule has 0 fully saturated rings. The average molecular weight is 873 g/mol. The molecular weight excluding hydrogens is 794 g/mol. The van der Waals surface area contributed by atoms with Crippen LogP contribution in [0.1, 0.15) is 168 Å². The van der Waals surface area contributed by atoms with Gasteiger partial charge in [0.25, 0.3) is 0 Å². The SMILES string of the molecule is CCCCC/C=C/C=C/CCCCCCCCC(=O)OCC(O)COP(=O)(O)OCC(O)COP(=O)(O)OCC(O)COC(=O)CCCCCCCCCCCCC. The quantitative estimate of drug-likeness (QED) is 0.0167. The summed E-state index contributed by atoms with van der Waals surface area (Å²) in [5.41, 5.74) is 0. The Hall–Kier alpha value is -1.48. The zero-order chi connectivity index (χ0) is 43.2. The number of carbonyl (C=O) groups excluding carboxylic acids is 2. The number of phosphoric acid groups is 2. The fourth-order valence-electron chi connectivity index (χ4n) is 5.50. The normalized spacial score (nSPS) is 15.6. The number of hydrogen-bond donors (Lipinski definition) is 5. The lowest BCUT2D eigenvalue weighted by molar-refractivity contribution is -0.148. The Balaban J connectivity index is 3.94. The lowest BCUT2D eigenvalue weighted by atomic mass is 10.1. The first kappa shape index (κ1) is 56.5. The molecule has 0 aliphatic carbocycles. The first-order chi connectivity index (χ1) is 27.8. The van der Waals surface area contributed by atoms with Gasteiger partial charge < -0.3 is 34.6 Å². The highest BCUT2D eigenvalue weighted by Gasteiger charge is 2.28. The zero-order valence-electron chi connectivity index (χ0n) is 35.5. The Bertz CT molecular complexity index is 1150. The summed E-state index contributed by atoms with van der Waals surface area (Å²) in [5.74, 6) is -1.01. The molecule has 0 radical (unpaired) electrons. The van der Waals surface area contributed by atoms with Crippen LogP contribution in [0.5, 0.6) is 0 Å². The van der Waals surface area contributed by atoms with E-state index in [9.17, 15) is 43.8 Å². The van der Waals surface area contributed by atoms with E-state index in [1.165, 1.54) is 64.2 Å². The van der Waals surface area contributed by atoms with Crippen molar-refractivity contribution < 1.29 is 71.4 Å². The van der Waals surface area contributed by atoms with Crippen molar-refractivity contribution in [3.63, 3.8) is 0 Å². The van der Waals surface area contributed by atoms with Crippen molar-refractivity contribution in [2.24, 2.45) is 0 Å². The van der Waals surface area contributed by atoms with E-state index in [2.05, 4.69) is 56.2 Å². The number of phosphoric ester groups is 2. The molecule has 0 aromatic rings. The largest absolute Gasteiger partial charge is 0.472 e. The van der Waals surface area contributed by atoms with Crippen molar-refractivity contribution in [3.8, 4) is 0 Å². The van der Waals surface area contributed by atoms with Gasteiger partial charge in [-0.3, -0.25) is 27.7 Å². The summed E-state index contributed by atoms with van der Waals surface area (Å²) < 4.78 is 52.8. The maximum atomic E-state index is 12.1. The third-order valence-corrected chi connectivity index (χ3v) is 10.8. The number of carbonyl (C=O) groups is 2. The van der Waals surface area contributed by atoms with E-state index in [0.29, 0.717) is 12.8 Å². The highest BCUT2D eigenvalue weighted by atomic mass is 31.2. The van der Waals surface area contributed by atoms with Gasteiger partial charge in [0.15, 0.2) is 0 Å². The highest BCUT2D eigenvalue weighted by molar-refractivity contribution is 7.47. The molecule has 17 heteroatoms. The second kappa shape index (κ2) is 38.4. The molecule has 0 saturated heterocycles. The van der Waals surface area contributed by atoms with Gasteiger partial charge in [-0.25, -0.2) is 9.13 Å². The van der Waals surface area contributed by atoms with Gasteiger partial charge in [-0.05, 0) is 38.5 Å². The van der Waals surface area contributed by atoms with Gasteiger partial charge in [-0.1, -0.05) is 141 Å². The van der Waals surface area contributed by atoms with Crippen LogP contribution in [0.2, 0.25) is 0 Å². The van der Waals surface area contributed by atoms with Crippen molar-refractivity contribution in [2.45, 2.75) is 186 Å². The molecule has 15 nitrogen and oxygen atoms in total. The topological polar surface area (TPSA) is 225 Å². The number of allylic oxidation sites excluding steroid dienone is 4. The van der Waals surface area contributed by atoms with Gasteiger partial charge in [-0.15, -0.1) is 0 Å². The minimum Gasteiger partial charge on any atom is -0.463 e. The molecule has 342 valence electrons. The molecule has 0 rings (SSSR count). The molecular formula is C41H78O15P2. The van der Waals surface area contributed by atoms with Gasteiger partial charge in [0.2, 0.25) is 0 Å². The Labute approximate surface area is 348 Å². The minimum absolute atomic E-state index is 0.184. The van der Waals surface area contributed by atoms with Gasteiger partial charge >= 0.3 is 27.6 Å². The number of ether oxygens (including phenoxy) is 2. The number of rotatable bonds is 42. The molecule has 5 unspecified atom stereocenters. The second-order valence-corrected chi connectivity index (χ2v) is 17.7. The Morgan fingerprint density at radius 2 is 0.724 bits per heavy atom. The zero-order valence-corrected chi connectivity index (χ0v) is 37.3. The molecule has 5 atom stereocenters. The third-order valence-electron chi connectivity index (χ3n) is 8.94. The molecule has 0 aromatic heterocycles. The second-order valence-electron chi connectivity index (χ2n) is 14.7. The van der Waals surface area contributed by atoms with Crippen molar-refractivity contribution >= 4 is 27.6 Å². The van der Waals surface area contributed by atoms with Crippen molar-refractivity contribution in [1.82, 2.24) is 0 Å². The van der Waals surface area contributed by atoms with E-state index in [1.54, 1.807) is 0 Å². The number of unbranched alkanes of at least 4 members (excludes halogenated alkanes) is 19. The average Bonchev–Trinajstić information content (AvgIpc) is 3.19. The monoisotopic (exact) mass is 872 g/mol. The molecule has 0 aliphatic heterocycles. The summed E-state index contributed by atoms with van der Waals surface area (Å²) in [4.78, 5) is 43.6. The van der Waals surface area contributed by atoms with Crippen molar-refractivity contribution in [2.75, 3.05) is 39.6 Å². The summed E-state index contributed by atoms with van der Waals surface area (Å²) in [5, 5.41) is 29.9. The van der Waals surface area contributed by atoms with Crippen LogP contribution in [0, 0.1) is 0 Å². The lowest BCUT2D eigenvalue weighted by Crippen LogP contribution is -2.25. The fraction of sp³-hybridized carbons (Fsp3) is 0.854. The fourth-order valence-corrected chi connectivity index (χ4v) is 7.09. The van der Waals surface area contributed by atoms with E-state index >= 15 is 0 Å². The molecule has 58 heavy (non-hydrogen) atoms. The van der Waals surface area contributed by atoms with E-state index in [1.807, 2.05) is 0 Å². The predicted molar refractivity (Wildman–Crippen MR) is 224 cm³/mol. The summed E-state index contributed by atoms with van der Waals surface area (Å²) in [6, 6.07) is 0. The molecule has 0 aliphatic rings. The summed E-state index contributed by atoms with van der Waals surface area (Å²) in [7, 11) is -9.55. The third kappa shape index (κ3) is 40.0. The molecule has 0 bridgehead atoms. The Morgan fingerprint density at radius 1 is 0.448 bits per heavy atom. The molecule has 0 heterocycles. The van der Waals surface area contributed by atoms with Crippen LogP contribution in [-0.2, 0) is 46.3 Å². The van der Waals surface area contributed by atoms with E-state index in [-0.39, 0.29) is 12.8 Å². The maximum Gasteiger partial charge on any atom is 0.472 e. The Kier molecular flexibility index (Phi) is 37.5. The predicted octanol–water partition coefficient (Wildman–Crippen LogP) is 8.94. The van der Waals surface area contributed by atoms with Crippen LogP contribution in [0.15, 0.2) is 24.3 Å². The molecule has 5 N–H and O–H groups in total. The first-order valence-corrected chi connectivity index (χ1v) is 24.7.